The van der Waals surface area contributed by atoms with E-state index in [2.05, 4.69) is 52.7 Å². The fourth-order valence-electron chi connectivity index (χ4n) is 2.14. The Morgan fingerprint density at radius 2 is 2.11 bits per heavy atom. The Bertz CT molecular complexity index is 402. The molecule has 0 aliphatic heterocycles. The summed E-state index contributed by atoms with van der Waals surface area (Å²) in [6, 6.07) is 2.75. The summed E-state index contributed by atoms with van der Waals surface area (Å²) in [6.07, 6.45) is 4.64. The lowest BCUT2D eigenvalue weighted by molar-refractivity contribution is 0.600. The summed E-state index contributed by atoms with van der Waals surface area (Å²) in [5.74, 6) is 2.71. The fraction of sp³-hybridized carbons (Fsp3) is 0.714. The summed E-state index contributed by atoms with van der Waals surface area (Å²) in [5, 5.41) is 0. The van der Waals surface area contributed by atoms with E-state index in [1.807, 2.05) is 0 Å². The van der Waals surface area contributed by atoms with Crippen LogP contribution in [-0.2, 0) is 6.42 Å². The molecule has 0 unspecified atom stereocenters. The van der Waals surface area contributed by atoms with Crippen LogP contribution in [0.2, 0.25) is 0 Å². The van der Waals surface area contributed by atoms with Gasteiger partial charge in [0, 0.05) is 25.1 Å². The van der Waals surface area contributed by atoms with Crippen molar-refractivity contribution in [1.82, 2.24) is 9.97 Å². The van der Waals surface area contributed by atoms with Gasteiger partial charge in [-0.3, -0.25) is 0 Å². The molecule has 0 bridgehead atoms. The van der Waals surface area contributed by atoms with Crippen LogP contribution in [0.4, 0.5) is 5.82 Å². The van der Waals surface area contributed by atoms with Crippen molar-refractivity contribution in [1.29, 1.82) is 0 Å². The Labute approximate surface area is 118 Å². The zero-order valence-electron chi connectivity index (χ0n) is 11.5. The number of anilines is 1. The van der Waals surface area contributed by atoms with E-state index in [1.54, 1.807) is 0 Å². The lowest BCUT2D eigenvalue weighted by atomic mass is 10.2. The molecule has 1 aliphatic rings. The summed E-state index contributed by atoms with van der Waals surface area (Å²) in [6.45, 7) is 7.77. The normalized spacial score (nSPS) is 15.2. The summed E-state index contributed by atoms with van der Waals surface area (Å²) in [4.78, 5) is 11.6. The van der Waals surface area contributed by atoms with Crippen LogP contribution in [0.1, 0.15) is 45.9 Å². The molecule has 0 saturated heterocycles. The van der Waals surface area contributed by atoms with Gasteiger partial charge < -0.3 is 4.90 Å². The Morgan fingerprint density at radius 1 is 1.39 bits per heavy atom. The molecule has 4 heteroatoms. The summed E-state index contributed by atoms with van der Waals surface area (Å²) < 4.78 is 0.908. The van der Waals surface area contributed by atoms with E-state index in [9.17, 15) is 0 Å². The summed E-state index contributed by atoms with van der Waals surface area (Å²) >= 11 is 3.51. The molecule has 0 radical (unpaired) electrons. The minimum Gasteiger partial charge on any atom is -0.353 e. The number of nitrogens with zero attached hydrogens (tertiary/aromatic N) is 3. The first-order valence-electron chi connectivity index (χ1n) is 6.90. The van der Waals surface area contributed by atoms with Gasteiger partial charge in [-0.25, -0.2) is 9.97 Å². The molecule has 0 spiro atoms. The molecule has 0 amide bonds. The Kier molecular flexibility index (Phi) is 4.60. The first-order chi connectivity index (χ1) is 8.60. The van der Waals surface area contributed by atoms with Crippen LogP contribution >= 0.6 is 15.9 Å². The molecule has 1 saturated carbocycles. The Balaban J connectivity index is 2.22. The topological polar surface area (TPSA) is 29.0 Å². The van der Waals surface area contributed by atoms with Crippen molar-refractivity contribution in [2.45, 2.75) is 52.5 Å². The highest BCUT2D eigenvalue weighted by molar-refractivity contribution is 9.10. The van der Waals surface area contributed by atoms with Crippen LogP contribution < -0.4 is 4.90 Å². The van der Waals surface area contributed by atoms with Crippen LogP contribution in [0.5, 0.6) is 0 Å². The van der Waals surface area contributed by atoms with Crippen molar-refractivity contribution in [2.24, 2.45) is 5.92 Å². The van der Waals surface area contributed by atoms with Gasteiger partial charge in [0.2, 0.25) is 0 Å². The lowest BCUT2D eigenvalue weighted by Crippen LogP contribution is -2.31. The first-order valence-corrected chi connectivity index (χ1v) is 7.69. The zero-order chi connectivity index (χ0) is 13.1. The molecule has 100 valence electrons. The third kappa shape index (κ3) is 3.67. The molecule has 1 aromatic rings. The number of aromatic nitrogens is 2. The zero-order valence-corrected chi connectivity index (χ0v) is 13.1. The highest BCUT2D eigenvalue weighted by atomic mass is 79.9. The number of rotatable bonds is 6. The number of hydrogen-bond donors (Lipinski definition) is 0. The van der Waals surface area contributed by atoms with E-state index in [1.165, 1.54) is 12.8 Å². The predicted molar refractivity (Wildman–Crippen MR) is 78.9 cm³/mol. The van der Waals surface area contributed by atoms with Crippen molar-refractivity contribution < 1.29 is 0 Å². The second-order valence-electron chi connectivity index (χ2n) is 5.49. The summed E-state index contributed by atoms with van der Waals surface area (Å²) in [5.41, 5.74) is 0. The minimum atomic E-state index is 0.661. The maximum absolute atomic E-state index is 4.72. The Hall–Kier alpha value is -0.640. The van der Waals surface area contributed by atoms with Gasteiger partial charge in [-0.1, -0.05) is 20.8 Å². The standard InChI is InChI=1S/C14H22BrN3/c1-4-5-13-16-12(15)8-14(17-13)18(9-10(2)3)11-6-7-11/h8,10-11H,4-7,9H2,1-3H3. The van der Waals surface area contributed by atoms with E-state index < -0.39 is 0 Å². The van der Waals surface area contributed by atoms with Gasteiger partial charge >= 0.3 is 0 Å². The molecule has 3 nitrogen and oxygen atoms in total. The van der Waals surface area contributed by atoms with Crippen LogP contribution in [-0.4, -0.2) is 22.6 Å². The van der Waals surface area contributed by atoms with Gasteiger partial charge in [0.1, 0.15) is 16.2 Å². The SMILES string of the molecule is CCCc1nc(Br)cc(N(CC(C)C)C2CC2)n1. The average molecular weight is 312 g/mol. The third-order valence-corrected chi connectivity index (χ3v) is 3.45. The molecule has 1 aliphatic carbocycles. The Morgan fingerprint density at radius 3 is 2.67 bits per heavy atom. The van der Waals surface area contributed by atoms with E-state index in [4.69, 9.17) is 4.98 Å². The minimum absolute atomic E-state index is 0.661. The van der Waals surface area contributed by atoms with E-state index in [0.29, 0.717) is 12.0 Å². The molecule has 1 aromatic heterocycles. The highest BCUT2D eigenvalue weighted by Crippen LogP contribution is 2.32. The largest absolute Gasteiger partial charge is 0.353 e. The molecular weight excluding hydrogens is 290 g/mol. The monoisotopic (exact) mass is 311 g/mol. The quantitative estimate of drug-likeness (QED) is 0.748. The van der Waals surface area contributed by atoms with Gasteiger partial charge in [0.15, 0.2) is 0 Å². The van der Waals surface area contributed by atoms with Gasteiger partial charge in [0.25, 0.3) is 0 Å². The highest BCUT2D eigenvalue weighted by Gasteiger charge is 2.30. The number of halogens is 1. The average Bonchev–Trinajstić information content (AvgIpc) is 3.09. The fourth-order valence-corrected chi connectivity index (χ4v) is 2.55. The van der Waals surface area contributed by atoms with Crippen molar-refractivity contribution in [3.8, 4) is 0 Å². The van der Waals surface area contributed by atoms with Gasteiger partial charge in [0.05, 0.1) is 0 Å². The number of aryl methyl sites for hydroxylation is 1. The molecule has 18 heavy (non-hydrogen) atoms. The molecular formula is C14H22BrN3. The van der Waals surface area contributed by atoms with Gasteiger partial charge in [-0.05, 0) is 41.1 Å². The van der Waals surface area contributed by atoms with Crippen LogP contribution in [0.15, 0.2) is 10.7 Å². The van der Waals surface area contributed by atoms with Crippen molar-refractivity contribution in [2.75, 3.05) is 11.4 Å². The molecule has 0 N–H and O–H groups in total. The van der Waals surface area contributed by atoms with Crippen LogP contribution in [0.25, 0.3) is 0 Å². The van der Waals surface area contributed by atoms with Crippen LogP contribution in [0, 0.1) is 5.92 Å². The van der Waals surface area contributed by atoms with Gasteiger partial charge in [-0.15, -0.1) is 0 Å². The molecule has 0 atom stereocenters. The molecule has 2 rings (SSSR count). The van der Waals surface area contributed by atoms with Crippen LogP contribution in [0.3, 0.4) is 0 Å². The maximum Gasteiger partial charge on any atom is 0.133 e. The van der Waals surface area contributed by atoms with Crippen molar-refractivity contribution in [3.63, 3.8) is 0 Å². The maximum atomic E-state index is 4.72. The predicted octanol–water partition coefficient (Wildman–Crippen LogP) is 3.82. The molecule has 1 fully saturated rings. The second kappa shape index (κ2) is 6.00. The molecule has 1 heterocycles. The smallest absolute Gasteiger partial charge is 0.133 e. The van der Waals surface area contributed by atoms with Gasteiger partial charge in [-0.2, -0.15) is 0 Å². The first kappa shape index (κ1) is 13.8. The van der Waals surface area contributed by atoms with E-state index in [-0.39, 0.29) is 0 Å². The molecule has 0 aromatic carbocycles. The van der Waals surface area contributed by atoms with E-state index >= 15 is 0 Å². The van der Waals surface area contributed by atoms with E-state index in [0.717, 1.165) is 35.6 Å². The van der Waals surface area contributed by atoms with Crippen molar-refractivity contribution in [3.05, 3.63) is 16.5 Å². The summed E-state index contributed by atoms with van der Waals surface area (Å²) in [7, 11) is 0. The third-order valence-electron chi connectivity index (χ3n) is 3.05. The number of hydrogen-bond acceptors (Lipinski definition) is 3. The second-order valence-corrected chi connectivity index (χ2v) is 6.30. The van der Waals surface area contributed by atoms with Crippen molar-refractivity contribution >= 4 is 21.7 Å². The lowest BCUT2D eigenvalue weighted by Gasteiger charge is -2.26.